The monoisotopic (exact) mass is 278 g/mol. The number of thioether (sulfide) groups is 1. The van der Waals surface area contributed by atoms with Gasteiger partial charge in [-0.2, -0.15) is 11.8 Å². The van der Waals surface area contributed by atoms with Crippen molar-refractivity contribution in [1.82, 2.24) is 4.90 Å². The van der Waals surface area contributed by atoms with Crippen molar-refractivity contribution in [2.24, 2.45) is 5.73 Å². The van der Waals surface area contributed by atoms with Gasteiger partial charge < -0.3 is 5.73 Å². The van der Waals surface area contributed by atoms with E-state index in [1.165, 1.54) is 11.3 Å². The topological polar surface area (TPSA) is 29.3 Å². The summed E-state index contributed by atoms with van der Waals surface area (Å²) in [7, 11) is 0. The highest BCUT2D eigenvalue weighted by atomic mass is 32.2. The van der Waals surface area contributed by atoms with Crippen molar-refractivity contribution in [1.29, 1.82) is 0 Å². The van der Waals surface area contributed by atoms with Gasteiger partial charge in [-0.15, -0.1) is 0 Å². The lowest BCUT2D eigenvalue weighted by molar-refractivity contribution is 0.171. The summed E-state index contributed by atoms with van der Waals surface area (Å²) in [5.41, 5.74) is 7.48. The number of nitrogens with zero attached hydrogens (tertiary/aromatic N) is 1. The van der Waals surface area contributed by atoms with E-state index >= 15 is 0 Å². The maximum Gasteiger partial charge on any atom is 0.0285 e. The lowest BCUT2D eigenvalue weighted by Crippen LogP contribution is -2.52. The molecule has 3 heteroatoms. The molecule has 2 unspecified atom stereocenters. The third-order valence-electron chi connectivity index (χ3n) is 4.07. The van der Waals surface area contributed by atoms with Gasteiger partial charge in [-0.25, -0.2) is 0 Å². The fraction of sp³-hybridized carbons (Fsp3) is 0.625. The van der Waals surface area contributed by atoms with E-state index in [-0.39, 0.29) is 0 Å². The summed E-state index contributed by atoms with van der Waals surface area (Å²) in [5.74, 6) is 1.70. The van der Waals surface area contributed by atoms with Gasteiger partial charge in [0.1, 0.15) is 0 Å². The molecular formula is C16H26N2S. The van der Waals surface area contributed by atoms with E-state index in [0.29, 0.717) is 16.7 Å². The second kappa shape index (κ2) is 6.29. The first-order valence-electron chi connectivity index (χ1n) is 7.16. The van der Waals surface area contributed by atoms with E-state index in [0.717, 1.165) is 19.6 Å². The van der Waals surface area contributed by atoms with E-state index in [1.54, 1.807) is 0 Å². The van der Waals surface area contributed by atoms with Crippen molar-refractivity contribution >= 4 is 11.8 Å². The first-order valence-corrected chi connectivity index (χ1v) is 8.15. The van der Waals surface area contributed by atoms with Crippen molar-refractivity contribution < 1.29 is 0 Å². The van der Waals surface area contributed by atoms with Crippen LogP contribution in [0.3, 0.4) is 0 Å². The highest BCUT2D eigenvalue weighted by molar-refractivity contribution is 8.00. The van der Waals surface area contributed by atoms with Crippen LogP contribution in [0.15, 0.2) is 30.3 Å². The van der Waals surface area contributed by atoms with Gasteiger partial charge in [0.05, 0.1) is 0 Å². The molecule has 19 heavy (non-hydrogen) atoms. The van der Waals surface area contributed by atoms with Crippen LogP contribution in [-0.4, -0.2) is 41.1 Å². The van der Waals surface area contributed by atoms with Crippen LogP contribution in [-0.2, 0) is 0 Å². The summed E-state index contributed by atoms with van der Waals surface area (Å²) < 4.78 is 0.349. The zero-order chi connectivity index (χ0) is 13.9. The second-order valence-corrected chi connectivity index (χ2v) is 7.88. The lowest BCUT2D eigenvalue weighted by atomic mass is 9.91. The van der Waals surface area contributed by atoms with Crippen molar-refractivity contribution in [3.63, 3.8) is 0 Å². The van der Waals surface area contributed by atoms with Gasteiger partial charge in [0, 0.05) is 36.2 Å². The van der Waals surface area contributed by atoms with Gasteiger partial charge in [0.15, 0.2) is 0 Å². The Hall–Kier alpha value is -0.510. The summed E-state index contributed by atoms with van der Waals surface area (Å²) >= 11 is 2.08. The van der Waals surface area contributed by atoms with E-state index < -0.39 is 0 Å². The quantitative estimate of drug-likeness (QED) is 0.918. The minimum Gasteiger partial charge on any atom is -0.329 e. The third kappa shape index (κ3) is 3.74. The largest absolute Gasteiger partial charge is 0.329 e. The number of nitrogens with two attached hydrogens (primary N) is 1. The molecule has 106 valence electrons. The number of benzene rings is 1. The fourth-order valence-corrected chi connectivity index (χ4v) is 4.12. The van der Waals surface area contributed by atoms with Crippen molar-refractivity contribution in [3.05, 3.63) is 35.9 Å². The fourth-order valence-electron chi connectivity index (χ4n) is 2.98. The van der Waals surface area contributed by atoms with Gasteiger partial charge >= 0.3 is 0 Å². The van der Waals surface area contributed by atoms with Crippen LogP contribution >= 0.6 is 11.8 Å². The van der Waals surface area contributed by atoms with E-state index in [9.17, 15) is 0 Å². The molecule has 2 atom stereocenters. The molecule has 1 saturated heterocycles. The molecule has 0 saturated carbocycles. The third-order valence-corrected chi connectivity index (χ3v) is 5.37. The summed E-state index contributed by atoms with van der Waals surface area (Å²) in [4.78, 5) is 2.59. The van der Waals surface area contributed by atoms with Crippen LogP contribution in [0.1, 0.15) is 32.3 Å². The molecule has 1 fully saturated rings. The lowest BCUT2D eigenvalue weighted by Gasteiger charge is -2.43. The zero-order valence-electron chi connectivity index (χ0n) is 12.3. The molecule has 0 bridgehead atoms. The first-order chi connectivity index (χ1) is 9.03. The molecule has 1 aliphatic heterocycles. The molecule has 0 aliphatic carbocycles. The Bertz CT molecular complexity index is 391. The average molecular weight is 278 g/mol. The SMILES string of the molecule is CC(c1ccccc1)C(CN)N1CCSC(C)(C)C1. The predicted octanol–water partition coefficient (Wildman–Crippen LogP) is 2.94. The Morgan fingerprint density at radius 2 is 2.00 bits per heavy atom. The molecule has 0 radical (unpaired) electrons. The van der Waals surface area contributed by atoms with Crippen LogP contribution in [0.5, 0.6) is 0 Å². The van der Waals surface area contributed by atoms with E-state index in [2.05, 4.69) is 67.8 Å². The Balaban J connectivity index is 2.11. The summed E-state index contributed by atoms with van der Waals surface area (Å²) in [6.45, 7) is 10.0. The Labute approximate surface area is 121 Å². The van der Waals surface area contributed by atoms with E-state index in [4.69, 9.17) is 5.73 Å². The van der Waals surface area contributed by atoms with Crippen LogP contribution < -0.4 is 5.73 Å². The van der Waals surface area contributed by atoms with Crippen LogP contribution in [0.4, 0.5) is 0 Å². The zero-order valence-corrected chi connectivity index (χ0v) is 13.1. The van der Waals surface area contributed by atoms with Crippen LogP contribution in [0.25, 0.3) is 0 Å². The minimum absolute atomic E-state index is 0.349. The number of hydrogen-bond donors (Lipinski definition) is 1. The van der Waals surface area contributed by atoms with Crippen molar-refractivity contribution in [3.8, 4) is 0 Å². The van der Waals surface area contributed by atoms with Gasteiger partial charge in [-0.3, -0.25) is 4.90 Å². The van der Waals surface area contributed by atoms with Gasteiger partial charge in [0.25, 0.3) is 0 Å². The average Bonchev–Trinajstić information content (AvgIpc) is 2.39. The number of hydrogen-bond acceptors (Lipinski definition) is 3. The van der Waals surface area contributed by atoms with Gasteiger partial charge in [-0.05, 0) is 25.3 Å². The van der Waals surface area contributed by atoms with Crippen LogP contribution in [0, 0.1) is 0 Å². The Morgan fingerprint density at radius 1 is 1.32 bits per heavy atom. The molecule has 1 aromatic carbocycles. The van der Waals surface area contributed by atoms with Gasteiger partial charge in [-0.1, -0.05) is 37.3 Å². The predicted molar refractivity (Wildman–Crippen MR) is 85.8 cm³/mol. The highest BCUT2D eigenvalue weighted by Crippen LogP contribution is 2.33. The Kier molecular flexibility index (Phi) is 4.93. The molecule has 1 aromatic rings. The molecule has 2 N–H and O–H groups in total. The molecule has 0 aromatic heterocycles. The van der Waals surface area contributed by atoms with Gasteiger partial charge in [0.2, 0.25) is 0 Å². The number of rotatable bonds is 4. The molecule has 0 amide bonds. The normalized spacial score (nSPS) is 22.9. The Morgan fingerprint density at radius 3 is 2.58 bits per heavy atom. The molecule has 2 rings (SSSR count). The maximum absolute atomic E-state index is 6.08. The second-order valence-electron chi connectivity index (χ2n) is 6.08. The smallest absolute Gasteiger partial charge is 0.0285 e. The molecular weight excluding hydrogens is 252 g/mol. The maximum atomic E-state index is 6.08. The summed E-state index contributed by atoms with van der Waals surface area (Å²) in [6.07, 6.45) is 0. The standard InChI is InChI=1S/C16H26N2S/c1-13(14-7-5-4-6-8-14)15(11-17)18-9-10-19-16(2,3)12-18/h4-8,13,15H,9-12,17H2,1-3H3. The first kappa shape index (κ1) is 14.9. The minimum atomic E-state index is 0.349. The molecule has 1 heterocycles. The van der Waals surface area contributed by atoms with Crippen molar-refractivity contribution in [2.75, 3.05) is 25.4 Å². The van der Waals surface area contributed by atoms with Crippen molar-refractivity contribution in [2.45, 2.75) is 37.5 Å². The highest BCUT2D eigenvalue weighted by Gasteiger charge is 2.33. The molecule has 2 nitrogen and oxygen atoms in total. The summed E-state index contributed by atoms with van der Waals surface area (Å²) in [6, 6.07) is 11.2. The molecule has 1 aliphatic rings. The summed E-state index contributed by atoms with van der Waals surface area (Å²) in [5, 5.41) is 0. The molecule has 0 spiro atoms. The van der Waals surface area contributed by atoms with Crippen LogP contribution in [0.2, 0.25) is 0 Å². The van der Waals surface area contributed by atoms with E-state index in [1.807, 2.05) is 0 Å².